The van der Waals surface area contributed by atoms with E-state index >= 15 is 0 Å². The van der Waals surface area contributed by atoms with Gasteiger partial charge in [-0.2, -0.15) is 0 Å². The highest BCUT2D eigenvalue weighted by Crippen LogP contribution is 2.18. The number of esters is 1. The van der Waals surface area contributed by atoms with E-state index in [-0.39, 0.29) is 11.9 Å². The zero-order valence-electron chi connectivity index (χ0n) is 8.90. The second kappa shape index (κ2) is 5.29. The Morgan fingerprint density at radius 2 is 2.00 bits per heavy atom. The number of rotatable bonds is 4. The van der Waals surface area contributed by atoms with E-state index in [0.29, 0.717) is 12.0 Å². The smallest absolute Gasteiger partial charge is 0.337 e. The largest absolute Gasteiger partial charge is 0.465 e. The van der Waals surface area contributed by atoms with Crippen LogP contribution in [0.1, 0.15) is 35.2 Å². The van der Waals surface area contributed by atoms with Crippen LogP contribution in [-0.2, 0) is 9.53 Å². The van der Waals surface area contributed by atoms with Crippen LogP contribution in [0, 0.1) is 0 Å². The zero-order valence-corrected chi connectivity index (χ0v) is 8.90. The molecule has 1 aromatic rings. The monoisotopic (exact) mass is 206 g/mol. The highest BCUT2D eigenvalue weighted by atomic mass is 16.5. The number of benzene rings is 1. The molecule has 0 amide bonds. The van der Waals surface area contributed by atoms with E-state index in [1.807, 2.05) is 19.1 Å². The van der Waals surface area contributed by atoms with E-state index in [9.17, 15) is 9.59 Å². The Hall–Kier alpha value is -1.64. The summed E-state index contributed by atoms with van der Waals surface area (Å²) in [6, 6.07) is 7.12. The predicted molar refractivity (Wildman–Crippen MR) is 56.9 cm³/mol. The van der Waals surface area contributed by atoms with Crippen LogP contribution < -0.4 is 0 Å². The summed E-state index contributed by atoms with van der Waals surface area (Å²) in [5.41, 5.74) is 1.58. The topological polar surface area (TPSA) is 43.4 Å². The molecule has 0 fully saturated rings. The molecule has 80 valence electrons. The molecule has 1 aromatic carbocycles. The molecule has 15 heavy (non-hydrogen) atoms. The Kier molecular flexibility index (Phi) is 4.03. The molecule has 1 atom stereocenters. The summed E-state index contributed by atoms with van der Waals surface area (Å²) >= 11 is 0. The first-order valence-corrected chi connectivity index (χ1v) is 4.81. The van der Waals surface area contributed by atoms with E-state index in [2.05, 4.69) is 4.74 Å². The van der Waals surface area contributed by atoms with E-state index < -0.39 is 0 Å². The Labute approximate surface area is 89.1 Å². The van der Waals surface area contributed by atoms with Crippen molar-refractivity contribution in [2.75, 3.05) is 7.11 Å². The number of hydrogen-bond donors (Lipinski definition) is 0. The first kappa shape index (κ1) is 11.4. The second-order valence-corrected chi connectivity index (χ2v) is 3.42. The summed E-state index contributed by atoms with van der Waals surface area (Å²) in [6.45, 7) is 1.97. The Balaban J connectivity index is 2.80. The Morgan fingerprint density at radius 1 is 1.40 bits per heavy atom. The number of hydrogen-bond acceptors (Lipinski definition) is 3. The number of carbonyl (C=O) groups excluding carboxylic acids is 2. The Morgan fingerprint density at radius 3 is 2.47 bits per heavy atom. The lowest BCUT2D eigenvalue weighted by Crippen LogP contribution is -2.01. The average molecular weight is 206 g/mol. The van der Waals surface area contributed by atoms with Crippen LogP contribution in [0.2, 0.25) is 0 Å². The van der Waals surface area contributed by atoms with E-state index in [1.54, 1.807) is 12.1 Å². The summed E-state index contributed by atoms with van der Waals surface area (Å²) in [6.07, 6.45) is 1.40. The van der Waals surface area contributed by atoms with Crippen molar-refractivity contribution in [3.63, 3.8) is 0 Å². The lowest BCUT2D eigenvalue weighted by Gasteiger charge is -2.08. The third kappa shape index (κ3) is 2.91. The number of aldehydes is 1. The SMILES string of the molecule is COC(=O)c1ccc([C@@H](C)CC=O)cc1. The summed E-state index contributed by atoms with van der Waals surface area (Å²) in [7, 11) is 1.35. The molecule has 0 unspecified atom stereocenters. The minimum Gasteiger partial charge on any atom is -0.465 e. The van der Waals surface area contributed by atoms with Crippen LogP contribution in [0.15, 0.2) is 24.3 Å². The molecule has 1 rings (SSSR count). The maximum atomic E-state index is 11.1. The maximum Gasteiger partial charge on any atom is 0.337 e. The van der Waals surface area contributed by atoms with Crippen molar-refractivity contribution < 1.29 is 14.3 Å². The van der Waals surface area contributed by atoms with Gasteiger partial charge in [0.2, 0.25) is 0 Å². The molecular weight excluding hydrogens is 192 g/mol. The lowest BCUT2D eigenvalue weighted by atomic mass is 9.97. The predicted octanol–water partition coefficient (Wildman–Crippen LogP) is 2.17. The van der Waals surface area contributed by atoms with Gasteiger partial charge in [0.1, 0.15) is 6.29 Å². The number of carbonyl (C=O) groups is 2. The fraction of sp³-hybridized carbons (Fsp3) is 0.333. The van der Waals surface area contributed by atoms with Crippen LogP contribution in [0.4, 0.5) is 0 Å². The highest BCUT2D eigenvalue weighted by Gasteiger charge is 2.07. The Bertz CT molecular complexity index is 340. The molecule has 0 radical (unpaired) electrons. The van der Waals surface area contributed by atoms with Crippen molar-refractivity contribution in [2.45, 2.75) is 19.3 Å². The van der Waals surface area contributed by atoms with E-state index in [1.165, 1.54) is 7.11 Å². The third-order valence-electron chi connectivity index (χ3n) is 2.35. The molecule has 0 aliphatic heterocycles. The lowest BCUT2D eigenvalue weighted by molar-refractivity contribution is -0.108. The van der Waals surface area contributed by atoms with E-state index in [0.717, 1.165) is 11.8 Å². The summed E-state index contributed by atoms with van der Waals surface area (Å²) in [5, 5.41) is 0. The fourth-order valence-electron chi connectivity index (χ4n) is 1.35. The van der Waals surface area contributed by atoms with Crippen LogP contribution in [0.5, 0.6) is 0 Å². The molecule has 0 aliphatic rings. The van der Waals surface area contributed by atoms with Crippen LogP contribution in [-0.4, -0.2) is 19.4 Å². The van der Waals surface area contributed by atoms with Crippen molar-refractivity contribution in [3.8, 4) is 0 Å². The van der Waals surface area contributed by atoms with Crippen molar-refractivity contribution in [3.05, 3.63) is 35.4 Å². The van der Waals surface area contributed by atoms with Crippen LogP contribution >= 0.6 is 0 Å². The molecule has 0 bridgehead atoms. The molecule has 0 heterocycles. The maximum absolute atomic E-state index is 11.1. The average Bonchev–Trinajstić information content (AvgIpc) is 2.28. The van der Waals surface area contributed by atoms with Gasteiger partial charge < -0.3 is 9.53 Å². The van der Waals surface area contributed by atoms with Crippen LogP contribution in [0.3, 0.4) is 0 Å². The second-order valence-electron chi connectivity index (χ2n) is 3.42. The van der Waals surface area contributed by atoms with Gasteiger partial charge in [0.15, 0.2) is 0 Å². The molecule has 3 heteroatoms. The zero-order chi connectivity index (χ0) is 11.3. The fourth-order valence-corrected chi connectivity index (χ4v) is 1.35. The number of methoxy groups -OCH3 is 1. The van der Waals surface area contributed by atoms with E-state index in [4.69, 9.17) is 0 Å². The minimum absolute atomic E-state index is 0.189. The van der Waals surface area contributed by atoms with Gasteiger partial charge in [0, 0.05) is 6.42 Å². The van der Waals surface area contributed by atoms with Gasteiger partial charge in [0.25, 0.3) is 0 Å². The molecule has 3 nitrogen and oxygen atoms in total. The van der Waals surface area contributed by atoms with Gasteiger partial charge in [-0.1, -0.05) is 19.1 Å². The van der Waals surface area contributed by atoms with Gasteiger partial charge in [-0.25, -0.2) is 4.79 Å². The molecular formula is C12H14O3. The highest BCUT2D eigenvalue weighted by molar-refractivity contribution is 5.89. The van der Waals surface area contributed by atoms with Gasteiger partial charge in [-0.15, -0.1) is 0 Å². The van der Waals surface area contributed by atoms with Crippen LogP contribution in [0.25, 0.3) is 0 Å². The number of ether oxygens (including phenoxy) is 1. The van der Waals surface area contributed by atoms with Gasteiger partial charge >= 0.3 is 5.97 Å². The van der Waals surface area contributed by atoms with Crippen molar-refractivity contribution in [1.29, 1.82) is 0 Å². The van der Waals surface area contributed by atoms with Crippen molar-refractivity contribution in [2.24, 2.45) is 0 Å². The summed E-state index contributed by atoms with van der Waals surface area (Å²) < 4.78 is 4.59. The summed E-state index contributed by atoms with van der Waals surface area (Å²) in [5.74, 6) is -0.154. The van der Waals surface area contributed by atoms with Crippen molar-refractivity contribution >= 4 is 12.3 Å². The molecule has 0 aromatic heterocycles. The third-order valence-corrected chi connectivity index (χ3v) is 2.35. The quantitative estimate of drug-likeness (QED) is 0.560. The first-order valence-electron chi connectivity index (χ1n) is 4.81. The molecule has 0 saturated carbocycles. The molecule has 0 N–H and O–H groups in total. The van der Waals surface area contributed by atoms with Gasteiger partial charge in [-0.05, 0) is 23.6 Å². The molecule has 0 saturated heterocycles. The summed E-state index contributed by atoms with van der Waals surface area (Å²) in [4.78, 5) is 21.5. The molecule has 0 spiro atoms. The minimum atomic E-state index is -0.343. The normalized spacial score (nSPS) is 11.9. The van der Waals surface area contributed by atoms with Crippen molar-refractivity contribution in [1.82, 2.24) is 0 Å². The molecule has 0 aliphatic carbocycles. The van der Waals surface area contributed by atoms with Gasteiger partial charge in [-0.3, -0.25) is 0 Å². The standard InChI is InChI=1S/C12H14O3/c1-9(7-8-13)10-3-5-11(6-4-10)12(14)15-2/h3-6,8-9H,7H2,1-2H3/t9-/m0/s1. The van der Waals surface area contributed by atoms with Gasteiger partial charge in [0.05, 0.1) is 12.7 Å². The first-order chi connectivity index (χ1) is 7.19.